The Balaban J connectivity index is 1.34. The summed E-state index contributed by atoms with van der Waals surface area (Å²) in [5, 5.41) is 16.6. The summed E-state index contributed by atoms with van der Waals surface area (Å²) in [6.07, 6.45) is -0.420. The normalized spacial score (nSPS) is 17.3. The molecule has 3 atom stereocenters. The van der Waals surface area contributed by atoms with Crippen LogP contribution in [0.5, 0.6) is 5.75 Å². The first-order chi connectivity index (χ1) is 23.7. The number of hydrogen-bond acceptors (Lipinski definition) is 10. The molecule has 1 aromatic heterocycles. The van der Waals surface area contributed by atoms with Gasteiger partial charge in [0, 0.05) is 42.4 Å². The van der Waals surface area contributed by atoms with E-state index in [9.17, 15) is 23.1 Å². The van der Waals surface area contributed by atoms with Crippen molar-refractivity contribution < 1.29 is 32.4 Å². The van der Waals surface area contributed by atoms with Gasteiger partial charge in [-0.15, -0.1) is 0 Å². The maximum atomic E-state index is 13.6. The molecule has 4 aromatic rings. The van der Waals surface area contributed by atoms with Gasteiger partial charge in [0.2, 0.25) is 5.91 Å². The van der Waals surface area contributed by atoms with Crippen LogP contribution in [0.2, 0.25) is 0 Å². The number of likely N-dealkylation sites (N-methyl/N-ethyl adjacent to an activating group) is 1. The van der Waals surface area contributed by atoms with Crippen molar-refractivity contribution in [1.29, 1.82) is 0 Å². The molecule has 0 bridgehead atoms. The zero-order chi connectivity index (χ0) is 36.2. The minimum absolute atomic E-state index is 0.0384. The van der Waals surface area contributed by atoms with Gasteiger partial charge in [-0.1, -0.05) is 36.3 Å². The molecule has 0 fully saturated rings. The molecule has 0 radical (unpaired) electrons. The van der Waals surface area contributed by atoms with Crippen molar-refractivity contribution in [3.63, 3.8) is 0 Å². The van der Waals surface area contributed by atoms with E-state index in [-0.39, 0.29) is 58.9 Å². The van der Waals surface area contributed by atoms with E-state index in [1.165, 1.54) is 6.92 Å². The highest BCUT2D eigenvalue weighted by Gasteiger charge is 2.32. The summed E-state index contributed by atoms with van der Waals surface area (Å²) in [5.41, 5.74) is 9.49. The number of anilines is 3. The summed E-state index contributed by atoms with van der Waals surface area (Å²) in [5.74, 6) is 0.0422. The molecule has 1 aliphatic heterocycles. The Morgan fingerprint density at radius 3 is 2.52 bits per heavy atom. The lowest BCUT2D eigenvalue weighted by Gasteiger charge is -2.34. The second-order valence-corrected chi connectivity index (χ2v) is 14.5. The van der Waals surface area contributed by atoms with Crippen molar-refractivity contribution in [2.75, 3.05) is 42.5 Å². The number of hydrogen-bond donors (Lipinski definition) is 4. The third kappa shape index (κ3) is 8.44. The molecule has 0 saturated carbocycles. The molecule has 50 heavy (non-hydrogen) atoms. The fourth-order valence-corrected chi connectivity index (χ4v) is 7.41. The number of fused-ring (bicyclic) bond motifs is 1. The second kappa shape index (κ2) is 15.3. The second-order valence-electron chi connectivity index (χ2n) is 12.9. The number of aliphatic hydroxyl groups is 1. The van der Waals surface area contributed by atoms with Gasteiger partial charge in [0.25, 0.3) is 15.9 Å². The summed E-state index contributed by atoms with van der Waals surface area (Å²) in [6.45, 7) is 8.07. The van der Waals surface area contributed by atoms with E-state index in [1.807, 2.05) is 26.1 Å². The molecule has 0 aliphatic carbocycles. The van der Waals surface area contributed by atoms with Crippen LogP contribution in [0.1, 0.15) is 46.8 Å². The highest BCUT2D eigenvalue weighted by Crippen LogP contribution is 2.31. The lowest BCUT2D eigenvalue weighted by molar-refractivity contribution is -0.134. The van der Waals surface area contributed by atoms with Crippen molar-refractivity contribution in [3.05, 3.63) is 94.9 Å². The number of ether oxygens (including phenoxy) is 1. The molecule has 3 aromatic carbocycles. The Kier molecular flexibility index (Phi) is 11.1. The number of aromatic nitrogens is 1. The maximum absolute atomic E-state index is 13.6. The van der Waals surface area contributed by atoms with E-state index in [1.54, 1.807) is 73.3 Å². The summed E-state index contributed by atoms with van der Waals surface area (Å²) >= 11 is 0. The minimum atomic E-state index is -4.02. The molecule has 0 spiro atoms. The summed E-state index contributed by atoms with van der Waals surface area (Å²) in [6, 6.07) is 18.9. The first-order valence-electron chi connectivity index (χ1n) is 16.3. The van der Waals surface area contributed by atoms with E-state index in [0.29, 0.717) is 47.9 Å². The van der Waals surface area contributed by atoms with Gasteiger partial charge >= 0.3 is 0 Å². The van der Waals surface area contributed by atoms with Crippen LogP contribution < -0.4 is 20.5 Å². The molecule has 0 unspecified atom stereocenters. The number of carbonyl (C=O) groups is 2. The van der Waals surface area contributed by atoms with Gasteiger partial charge in [0.05, 0.1) is 30.4 Å². The van der Waals surface area contributed by atoms with Gasteiger partial charge in [-0.25, -0.2) is 8.42 Å². The topological polar surface area (TPSA) is 180 Å². The molecule has 2 amide bonds. The number of sulfonamides is 1. The van der Waals surface area contributed by atoms with Crippen LogP contribution in [0.3, 0.4) is 0 Å². The Labute approximate surface area is 292 Å². The van der Waals surface area contributed by atoms with Gasteiger partial charge in [-0.05, 0) is 75.8 Å². The standard InChI is InChI=1S/C36H44N6O7S/c1-22-18-42(23(2)21-43)34(44)17-28-16-29(40-50(46,47)35-24(3)39-49-25(35)4)14-15-32(28)48-33(22)20-41(5)19-26-10-12-27(13-11-26)36(45)38-31-9-7-6-8-30(31)37/h6-16,22-23,33,40,43H,17-21,37H2,1-5H3,(H,38,45)/t22-,23-,33-/m1/s1. The van der Waals surface area contributed by atoms with Crippen molar-refractivity contribution >= 4 is 38.9 Å². The van der Waals surface area contributed by atoms with Crippen molar-refractivity contribution in [2.45, 2.75) is 57.7 Å². The molecule has 2 heterocycles. The number of nitrogens with one attached hydrogen (secondary N) is 2. The van der Waals surface area contributed by atoms with E-state index in [4.69, 9.17) is 15.0 Å². The van der Waals surface area contributed by atoms with Gasteiger partial charge in [-0.3, -0.25) is 19.2 Å². The van der Waals surface area contributed by atoms with Crippen LogP contribution in [0.15, 0.2) is 76.1 Å². The van der Waals surface area contributed by atoms with Gasteiger partial charge in [0.15, 0.2) is 10.7 Å². The average molecular weight is 705 g/mol. The molecule has 266 valence electrons. The molecule has 5 rings (SSSR count). The average Bonchev–Trinajstić information content (AvgIpc) is 3.44. The number of rotatable bonds is 11. The SMILES string of the molecule is Cc1noc(C)c1S(=O)(=O)Nc1ccc2c(c1)CC(=O)N([C@H](C)CO)C[C@@H](C)[C@@H](CN(C)Cc1ccc(C(=O)Nc3ccccc3N)cc1)O2. The largest absolute Gasteiger partial charge is 0.488 e. The maximum Gasteiger partial charge on any atom is 0.267 e. The third-order valence-corrected chi connectivity index (χ3v) is 10.4. The number of nitrogen functional groups attached to an aromatic ring is 1. The van der Waals surface area contributed by atoms with Gasteiger partial charge in [-0.2, -0.15) is 0 Å². The fourth-order valence-electron chi connectivity index (χ4n) is 6.03. The molecule has 14 heteroatoms. The molecule has 1 aliphatic rings. The zero-order valence-electron chi connectivity index (χ0n) is 28.8. The van der Waals surface area contributed by atoms with Crippen LogP contribution in [0.25, 0.3) is 0 Å². The number of benzene rings is 3. The first-order valence-corrected chi connectivity index (χ1v) is 17.8. The molecule has 5 N–H and O–H groups in total. The highest BCUT2D eigenvalue weighted by atomic mass is 32.2. The number of nitrogens with two attached hydrogens (primary N) is 1. The molecular formula is C36H44N6O7S. The molecule has 0 saturated heterocycles. The monoisotopic (exact) mass is 704 g/mol. The third-order valence-electron chi connectivity index (χ3n) is 8.77. The Morgan fingerprint density at radius 2 is 1.86 bits per heavy atom. The first kappa shape index (κ1) is 36.4. The van der Waals surface area contributed by atoms with E-state index in [2.05, 4.69) is 20.1 Å². The van der Waals surface area contributed by atoms with Crippen LogP contribution >= 0.6 is 0 Å². The molecule has 13 nitrogen and oxygen atoms in total. The smallest absolute Gasteiger partial charge is 0.267 e. The number of amides is 2. The minimum Gasteiger partial charge on any atom is -0.488 e. The van der Waals surface area contributed by atoms with Crippen LogP contribution in [0.4, 0.5) is 17.1 Å². The Hall–Kier alpha value is -4.92. The van der Waals surface area contributed by atoms with Crippen LogP contribution in [-0.2, 0) is 27.8 Å². The summed E-state index contributed by atoms with van der Waals surface area (Å²) in [7, 11) is -2.05. The zero-order valence-corrected chi connectivity index (χ0v) is 29.7. The van der Waals surface area contributed by atoms with Crippen molar-refractivity contribution in [1.82, 2.24) is 15.0 Å². The lowest BCUT2D eigenvalue weighted by atomic mass is 10.0. The summed E-state index contributed by atoms with van der Waals surface area (Å²) in [4.78, 5) is 30.1. The van der Waals surface area contributed by atoms with Gasteiger partial charge in [0.1, 0.15) is 17.5 Å². The number of nitrogens with zero attached hydrogens (tertiary/aromatic N) is 3. The van der Waals surface area contributed by atoms with Crippen molar-refractivity contribution in [3.8, 4) is 5.75 Å². The van der Waals surface area contributed by atoms with E-state index >= 15 is 0 Å². The highest BCUT2D eigenvalue weighted by molar-refractivity contribution is 7.92. The fraction of sp³-hybridized carbons (Fsp3) is 0.361. The molecular weight excluding hydrogens is 660 g/mol. The Bertz CT molecular complexity index is 1930. The number of para-hydroxylation sites is 2. The number of carbonyl (C=O) groups excluding carboxylic acids is 2. The van der Waals surface area contributed by atoms with Crippen LogP contribution in [-0.4, -0.2) is 79.2 Å². The predicted octanol–water partition coefficient (Wildman–Crippen LogP) is 4.21. The summed E-state index contributed by atoms with van der Waals surface area (Å²) < 4.78 is 40.7. The lowest BCUT2D eigenvalue weighted by Crippen LogP contribution is -2.47. The number of aliphatic hydroxyl groups excluding tert-OH is 1. The van der Waals surface area contributed by atoms with Gasteiger partial charge < -0.3 is 30.3 Å². The quantitative estimate of drug-likeness (QED) is 0.165. The van der Waals surface area contributed by atoms with E-state index in [0.717, 1.165) is 5.56 Å². The van der Waals surface area contributed by atoms with Crippen LogP contribution in [0, 0.1) is 19.8 Å². The predicted molar refractivity (Wildman–Crippen MR) is 190 cm³/mol. The number of aryl methyl sites for hydroxylation is 2. The van der Waals surface area contributed by atoms with Crippen molar-refractivity contribution in [2.24, 2.45) is 5.92 Å². The van der Waals surface area contributed by atoms with E-state index < -0.39 is 16.1 Å². The Morgan fingerprint density at radius 1 is 1.14 bits per heavy atom.